The van der Waals surface area contributed by atoms with E-state index in [1.54, 1.807) is 4.90 Å². The van der Waals surface area contributed by atoms with Gasteiger partial charge in [0.05, 0.1) is 6.54 Å². The van der Waals surface area contributed by atoms with E-state index in [-0.39, 0.29) is 12.1 Å². The highest BCUT2D eigenvalue weighted by Crippen LogP contribution is 2.33. The molecule has 16 heavy (non-hydrogen) atoms. The molecule has 0 aliphatic carbocycles. The predicted octanol–water partition coefficient (Wildman–Crippen LogP) is 2.11. The maximum atomic E-state index is 12.4. The first kappa shape index (κ1) is 12.2. The Morgan fingerprint density at radius 2 is 1.62 bits per heavy atom. The number of hydrogen-bond acceptors (Lipinski definition) is 2. The van der Waals surface area contributed by atoms with Gasteiger partial charge in [-0.3, -0.25) is 9.80 Å². The van der Waals surface area contributed by atoms with Gasteiger partial charge in [0.25, 0.3) is 0 Å². The summed E-state index contributed by atoms with van der Waals surface area (Å²) in [6.45, 7) is 5.08. The van der Waals surface area contributed by atoms with Crippen LogP contribution in [0.4, 0.5) is 13.2 Å². The highest BCUT2D eigenvalue weighted by molar-refractivity contribution is 4.97. The van der Waals surface area contributed by atoms with Gasteiger partial charge in [-0.05, 0) is 26.7 Å². The minimum Gasteiger partial charge on any atom is -0.298 e. The summed E-state index contributed by atoms with van der Waals surface area (Å²) in [6, 6.07) is 0.668. The normalized spacial score (nSPS) is 32.6. The van der Waals surface area contributed by atoms with Gasteiger partial charge in [-0.15, -0.1) is 0 Å². The Balaban J connectivity index is 2.00. The molecule has 2 atom stereocenters. The summed E-state index contributed by atoms with van der Waals surface area (Å²) in [7, 11) is 0. The van der Waals surface area contributed by atoms with Crippen molar-refractivity contribution >= 4 is 0 Å². The Labute approximate surface area is 94.4 Å². The molecule has 2 nitrogen and oxygen atoms in total. The van der Waals surface area contributed by atoms with Crippen molar-refractivity contribution in [2.24, 2.45) is 0 Å². The summed E-state index contributed by atoms with van der Waals surface area (Å²) in [5.41, 5.74) is 0. The first-order chi connectivity index (χ1) is 7.37. The van der Waals surface area contributed by atoms with Crippen LogP contribution < -0.4 is 0 Å². The van der Waals surface area contributed by atoms with Crippen LogP contribution in [0.2, 0.25) is 0 Å². The van der Waals surface area contributed by atoms with Crippen molar-refractivity contribution in [2.75, 3.05) is 19.6 Å². The Morgan fingerprint density at radius 1 is 1.12 bits per heavy atom. The topological polar surface area (TPSA) is 6.48 Å². The number of alkyl halides is 3. The zero-order chi connectivity index (χ0) is 11.9. The van der Waals surface area contributed by atoms with Gasteiger partial charge in [0, 0.05) is 31.2 Å². The van der Waals surface area contributed by atoms with Crippen LogP contribution in [0.1, 0.15) is 26.7 Å². The Kier molecular flexibility index (Phi) is 3.18. The molecule has 0 aromatic heterocycles. The van der Waals surface area contributed by atoms with E-state index in [1.807, 2.05) is 0 Å². The maximum Gasteiger partial charge on any atom is 0.401 e. The van der Waals surface area contributed by atoms with Crippen LogP contribution in [-0.2, 0) is 0 Å². The van der Waals surface area contributed by atoms with Crippen molar-refractivity contribution < 1.29 is 13.2 Å². The predicted molar refractivity (Wildman–Crippen MR) is 56.3 cm³/mol. The van der Waals surface area contributed by atoms with Crippen LogP contribution in [0, 0.1) is 0 Å². The SMILES string of the molecule is CC(C)N1CC2CCC(C1)N2CC(F)(F)F. The van der Waals surface area contributed by atoms with E-state index in [1.165, 1.54) is 0 Å². The quantitative estimate of drug-likeness (QED) is 0.724. The molecule has 0 N–H and O–H groups in total. The van der Waals surface area contributed by atoms with Gasteiger partial charge < -0.3 is 0 Å². The van der Waals surface area contributed by atoms with Crippen LogP contribution in [0.3, 0.4) is 0 Å². The highest BCUT2D eigenvalue weighted by Gasteiger charge is 2.45. The van der Waals surface area contributed by atoms with E-state index in [4.69, 9.17) is 0 Å². The highest BCUT2D eigenvalue weighted by atomic mass is 19.4. The van der Waals surface area contributed by atoms with Crippen molar-refractivity contribution in [3.05, 3.63) is 0 Å². The summed E-state index contributed by atoms with van der Waals surface area (Å²) in [4.78, 5) is 3.97. The third kappa shape index (κ3) is 2.51. The average Bonchev–Trinajstić information content (AvgIpc) is 2.39. The van der Waals surface area contributed by atoms with E-state index in [0.717, 1.165) is 25.9 Å². The van der Waals surface area contributed by atoms with Crippen LogP contribution in [-0.4, -0.2) is 53.7 Å². The fourth-order valence-corrected chi connectivity index (χ4v) is 2.91. The van der Waals surface area contributed by atoms with Gasteiger partial charge in [-0.25, -0.2) is 0 Å². The number of nitrogens with zero attached hydrogens (tertiary/aromatic N) is 2. The number of fused-ring (bicyclic) bond motifs is 2. The molecular weight excluding hydrogens is 217 g/mol. The smallest absolute Gasteiger partial charge is 0.298 e. The lowest BCUT2D eigenvalue weighted by atomic mass is 10.1. The molecule has 94 valence electrons. The molecule has 2 unspecified atom stereocenters. The molecule has 0 radical (unpaired) electrons. The zero-order valence-corrected chi connectivity index (χ0v) is 9.80. The molecule has 2 bridgehead atoms. The van der Waals surface area contributed by atoms with Gasteiger partial charge in [0.1, 0.15) is 0 Å². The molecule has 0 aromatic rings. The lowest BCUT2D eigenvalue weighted by molar-refractivity contribution is -0.158. The second-order valence-electron chi connectivity index (χ2n) is 5.22. The minimum absolute atomic E-state index is 0.114. The van der Waals surface area contributed by atoms with Crippen molar-refractivity contribution in [2.45, 2.75) is 51.0 Å². The molecule has 0 spiro atoms. The second kappa shape index (κ2) is 4.18. The van der Waals surface area contributed by atoms with Crippen LogP contribution in [0.25, 0.3) is 0 Å². The Bertz CT molecular complexity index is 238. The number of hydrogen-bond donors (Lipinski definition) is 0. The molecule has 2 aliphatic heterocycles. The number of likely N-dealkylation sites (tertiary alicyclic amines) is 1. The Morgan fingerprint density at radius 3 is 2.00 bits per heavy atom. The number of rotatable bonds is 2. The van der Waals surface area contributed by atoms with Crippen LogP contribution in [0.5, 0.6) is 0 Å². The molecule has 2 fully saturated rings. The van der Waals surface area contributed by atoms with Gasteiger partial charge in [-0.2, -0.15) is 13.2 Å². The van der Waals surface area contributed by atoms with E-state index < -0.39 is 12.7 Å². The third-order valence-corrected chi connectivity index (χ3v) is 3.75. The van der Waals surface area contributed by atoms with Crippen molar-refractivity contribution in [3.8, 4) is 0 Å². The third-order valence-electron chi connectivity index (χ3n) is 3.75. The molecule has 2 aliphatic rings. The molecule has 2 rings (SSSR count). The van der Waals surface area contributed by atoms with Gasteiger partial charge in [-0.1, -0.05) is 0 Å². The van der Waals surface area contributed by atoms with Crippen LogP contribution >= 0.6 is 0 Å². The molecule has 2 heterocycles. The van der Waals surface area contributed by atoms with Crippen molar-refractivity contribution in [3.63, 3.8) is 0 Å². The zero-order valence-electron chi connectivity index (χ0n) is 9.80. The monoisotopic (exact) mass is 236 g/mol. The van der Waals surface area contributed by atoms with Gasteiger partial charge in [0.2, 0.25) is 0 Å². The lowest BCUT2D eigenvalue weighted by Gasteiger charge is -2.42. The van der Waals surface area contributed by atoms with E-state index >= 15 is 0 Å². The first-order valence-corrected chi connectivity index (χ1v) is 5.93. The summed E-state index contributed by atoms with van der Waals surface area (Å²) in [6.07, 6.45) is -2.21. The summed E-state index contributed by atoms with van der Waals surface area (Å²) >= 11 is 0. The number of piperazine rings is 1. The average molecular weight is 236 g/mol. The van der Waals surface area contributed by atoms with Gasteiger partial charge in [0.15, 0.2) is 0 Å². The maximum absolute atomic E-state index is 12.4. The molecule has 0 aromatic carbocycles. The second-order valence-corrected chi connectivity index (χ2v) is 5.22. The fraction of sp³-hybridized carbons (Fsp3) is 1.00. The first-order valence-electron chi connectivity index (χ1n) is 5.93. The fourth-order valence-electron chi connectivity index (χ4n) is 2.91. The largest absolute Gasteiger partial charge is 0.401 e. The Hall–Kier alpha value is -0.290. The molecule has 2 saturated heterocycles. The number of halogens is 3. The minimum atomic E-state index is -4.05. The molecule has 0 amide bonds. The summed E-state index contributed by atoms with van der Waals surface area (Å²) in [5.74, 6) is 0. The summed E-state index contributed by atoms with van der Waals surface area (Å²) < 4.78 is 37.2. The van der Waals surface area contributed by atoms with Crippen LogP contribution in [0.15, 0.2) is 0 Å². The van der Waals surface area contributed by atoms with Crippen molar-refractivity contribution in [1.29, 1.82) is 0 Å². The molecular formula is C11H19F3N2. The van der Waals surface area contributed by atoms with E-state index in [0.29, 0.717) is 6.04 Å². The molecule has 0 saturated carbocycles. The van der Waals surface area contributed by atoms with Crippen molar-refractivity contribution in [1.82, 2.24) is 9.80 Å². The van der Waals surface area contributed by atoms with Gasteiger partial charge >= 0.3 is 6.18 Å². The standard InChI is InChI=1S/C11H19F3N2/c1-8(2)15-5-9-3-4-10(6-15)16(9)7-11(12,13)14/h8-10H,3-7H2,1-2H3. The lowest BCUT2D eigenvalue weighted by Crippen LogP contribution is -2.57. The van der Waals surface area contributed by atoms with E-state index in [2.05, 4.69) is 18.7 Å². The molecule has 5 heteroatoms. The summed E-state index contributed by atoms with van der Waals surface area (Å²) in [5, 5.41) is 0. The van der Waals surface area contributed by atoms with E-state index in [9.17, 15) is 13.2 Å².